The highest BCUT2D eigenvalue weighted by molar-refractivity contribution is 5.79. The van der Waals surface area contributed by atoms with Crippen LogP contribution < -0.4 is 10.6 Å². The Kier molecular flexibility index (Phi) is 12.1. The number of hydrogen-bond acceptors (Lipinski definition) is 5. The molecule has 1 saturated heterocycles. The third kappa shape index (κ3) is 10.4. The van der Waals surface area contributed by atoms with E-state index in [1.807, 2.05) is 0 Å². The molecule has 0 aromatic heterocycles. The fraction of sp³-hybridized carbons (Fsp3) is 0.882. The maximum absolute atomic E-state index is 11.0. The summed E-state index contributed by atoms with van der Waals surface area (Å²) in [6.45, 7) is 4.97. The number of nitrogens with one attached hydrogen (secondary N) is 2. The summed E-state index contributed by atoms with van der Waals surface area (Å²) in [7, 11) is 3.17. The van der Waals surface area contributed by atoms with Crippen molar-refractivity contribution in [2.45, 2.75) is 38.5 Å². The minimum Gasteiger partial charge on any atom is -0.469 e. The third-order valence-electron chi connectivity index (χ3n) is 4.00. The minimum atomic E-state index is -0.154. The van der Waals surface area contributed by atoms with Crippen molar-refractivity contribution in [3.63, 3.8) is 0 Å². The maximum Gasteiger partial charge on any atom is 0.305 e. The van der Waals surface area contributed by atoms with Crippen LogP contribution in [0.5, 0.6) is 0 Å². The number of carbonyl (C=O) groups excluding carboxylic acids is 1. The Morgan fingerprint density at radius 1 is 1.17 bits per heavy atom. The van der Waals surface area contributed by atoms with Gasteiger partial charge >= 0.3 is 5.97 Å². The van der Waals surface area contributed by atoms with E-state index in [4.69, 9.17) is 9.47 Å². The molecule has 2 N–H and O–H groups in total. The van der Waals surface area contributed by atoms with E-state index in [0.717, 1.165) is 77.6 Å². The zero-order chi connectivity index (χ0) is 17.5. The van der Waals surface area contributed by atoms with Crippen molar-refractivity contribution in [1.29, 1.82) is 0 Å². The average Bonchev–Trinajstić information content (AvgIpc) is 2.63. The fourth-order valence-corrected chi connectivity index (χ4v) is 2.47. The number of unbranched alkanes of at least 4 members (excludes halogenated alkanes) is 1. The molecule has 1 fully saturated rings. The highest BCUT2D eigenvalue weighted by Crippen LogP contribution is 2.14. The predicted octanol–water partition coefficient (Wildman–Crippen LogP) is 1.33. The van der Waals surface area contributed by atoms with Crippen LogP contribution in [0.2, 0.25) is 0 Å². The fourth-order valence-electron chi connectivity index (χ4n) is 2.47. The van der Waals surface area contributed by atoms with E-state index in [2.05, 4.69) is 20.4 Å². The maximum atomic E-state index is 11.0. The van der Waals surface area contributed by atoms with Crippen LogP contribution >= 0.6 is 0 Å². The molecule has 0 bridgehead atoms. The highest BCUT2D eigenvalue weighted by Gasteiger charge is 2.13. The van der Waals surface area contributed by atoms with E-state index >= 15 is 0 Å². The van der Waals surface area contributed by atoms with Crippen molar-refractivity contribution in [3.8, 4) is 0 Å². The molecule has 0 aromatic carbocycles. The van der Waals surface area contributed by atoms with Crippen LogP contribution in [0, 0.1) is 5.92 Å². The van der Waals surface area contributed by atoms with Crippen LogP contribution in [0.15, 0.2) is 4.99 Å². The molecular formula is C17H33N3O4. The molecule has 0 amide bonds. The van der Waals surface area contributed by atoms with E-state index < -0.39 is 0 Å². The van der Waals surface area contributed by atoms with Crippen LogP contribution in [0.25, 0.3) is 0 Å². The number of hydrogen-bond donors (Lipinski definition) is 2. The standard InChI is InChI=1S/C17H33N3O4/c1-18-17(19-9-4-3-6-16(21)22-2)20-10-5-11-24-14-15-7-12-23-13-8-15/h15H,3-14H2,1-2H3,(H2,18,19,20). The molecule has 1 aliphatic rings. The van der Waals surface area contributed by atoms with Gasteiger partial charge in [0, 0.05) is 53.0 Å². The largest absolute Gasteiger partial charge is 0.469 e. The molecule has 0 atom stereocenters. The minimum absolute atomic E-state index is 0.154. The Hall–Kier alpha value is -1.34. The smallest absolute Gasteiger partial charge is 0.305 e. The first-order valence-electron chi connectivity index (χ1n) is 8.93. The zero-order valence-electron chi connectivity index (χ0n) is 15.1. The SMILES string of the molecule is CN=C(NCCCCC(=O)OC)NCCCOCC1CCOCC1. The number of ether oxygens (including phenoxy) is 3. The average molecular weight is 343 g/mol. The molecule has 0 unspecified atom stereocenters. The number of esters is 1. The van der Waals surface area contributed by atoms with E-state index in [9.17, 15) is 4.79 Å². The summed E-state index contributed by atoms with van der Waals surface area (Å²) in [5, 5.41) is 6.50. The Balaban J connectivity index is 1.92. The van der Waals surface area contributed by atoms with E-state index in [1.165, 1.54) is 7.11 Å². The third-order valence-corrected chi connectivity index (χ3v) is 4.00. The van der Waals surface area contributed by atoms with Gasteiger partial charge in [0.05, 0.1) is 7.11 Å². The van der Waals surface area contributed by atoms with Gasteiger partial charge in [0.1, 0.15) is 0 Å². The number of methoxy groups -OCH3 is 1. The molecular weight excluding hydrogens is 310 g/mol. The summed E-state index contributed by atoms with van der Waals surface area (Å²) in [4.78, 5) is 15.2. The van der Waals surface area contributed by atoms with Gasteiger partial charge in [-0.05, 0) is 38.0 Å². The molecule has 1 aliphatic heterocycles. The monoisotopic (exact) mass is 343 g/mol. The van der Waals surface area contributed by atoms with Crippen LogP contribution in [0.1, 0.15) is 38.5 Å². The van der Waals surface area contributed by atoms with Crippen molar-refractivity contribution >= 4 is 11.9 Å². The van der Waals surface area contributed by atoms with Crippen LogP contribution in [0.4, 0.5) is 0 Å². The lowest BCUT2D eigenvalue weighted by molar-refractivity contribution is -0.140. The molecule has 7 heteroatoms. The number of rotatable bonds is 11. The number of guanidine groups is 1. The number of nitrogens with zero attached hydrogens (tertiary/aromatic N) is 1. The highest BCUT2D eigenvalue weighted by atomic mass is 16.5. The van der Waals surface area contributed by atoms with Crippen LogP contribution in [0.3, 0.4) is 0 Å². The molecule has 0 aliphatic carbocycles. The second-order valence-corrected chi connectivity index (χ2v) is 5.94. The molecule has 0 radical (unpaired) electrons. The zero-order valence-corrected chi connectivity index (χ0v) is 15.1. The first-order valence-corrected chi connectivity index (χ1v) is 8.93. The summed E-state index contributed by atoms with van der Waals surface area (Å²) in [5.41, 5.74) is 0. The Morgan fingerprint density at radius 2 is 1.88 bits per heavy atom. The molecule has 0 spiro atoms. The lowest BCUT2D eigenvalue weighted by Gasteiger charge is -2.21. The number of carbonyl (C=O) groups is 1. The van der Waals surface area contributed by atoms with E-state index in [0.29, 0.717) is 12.3 Å². The molecule has 7 nitrogen and oxygen atoms in total. The van der Waals surface area contributed by atoms with E-state index in [1.54, 1.807) is 7.05 Å². The van der Waals surface area contributed by atoms with Gasteiger partial charge in [-0.15, -0.1) is 0 Å². The van der Waals surface area contributed by atoms with Gasteiger partial charge in [-0.3, -0.25) is 9.79 Å². The molecule has 0 aromatic rings. The Morgan fingerprint density at radius 3 is 2.54 bits per heavy atom. The van der Waals surface area contributed by atoms with Gasteiger partial charge in [0.25, 0.3) is 0 Å². The normalized spacial score (nSPS) is 16.0. The first kappa shape index (κ1) is 20.7. The van der Waals surface area contributed by atoms with Gasteiger partial charge < -0.3 is 24.8 Å². The van der Waals surface area contributed by atoms with Gasteiger partial charge in [-0.1, -0.05) is 0 Å². The van der Waals surface area contributed by atoms with Gasteiger partial charge in [-0.2, -0.15) is 0 Å². The van der Waals surface area contributed by atoms with Gasteiger partial charge in [0.2, 0.25) is 0 Å². The van der Waals surface area contributed by atoms with E-state index in [-0.39, 0.29) is 5.97 Å². The van der Waals surface area contributed by atoms with Crippen molar-refractivity contribution in [1.82, 2.24) is 10.6 Å². The molecule has 1 heterocycles. The number of aliphatic imine (C=N–C) groups is 1. The summed E-state index contributed by atoms with van der Waals surface area (Å²) >= 11 is 0. The predicted molar refractivity (Wildman–Crippen MR) is 94.2 cm³/mol. The topological polar surface area (TPSA) is 81.2 Å². The lowest BCUT2D eigenvalue weighted by atomic mass is 10.0. The quantitative estimate of drug-likeness (QED) is 0.255. The molecule has 0 saturated carbocycles. The van der Waals surface area contributed by atoms with Crippen molar-refractivity contribution in [3.05, 3.63) is 0 Å². The Labute approximate surface area is 145 Å². The first-order chi connectivity index (χ1) is 11.8. The van der Waals surface area contributed by atoms with Crippen molar-refractivity contribution in [2.24, 2.45) is 10.9 Å². The molecule has 1 rings (SSSR count). The Bertz CT molecular complexity index is 358. The summed E-state index contributed by atoms with van der Waals surface area (Å²) in [5.74, 6) is 1.29. The lowest BCUT2D eigenvalue weighted by Crippen LogP contribution is -2.38. The van der Waals surface area contributed by atoms with Crippen molar-refractivity contribution in [2.75, 3.05) is 53.7 Å². The van der Waals surface area contributed by atoms with Crippen molar-refractivity contribution < 1.29 is 19.0 Å². The second kappa shape index (κ2) is 14.0. The summed E-state index contributed by atoms with van der Waals surface area (Å²) in [6.07, 6.45) is 5.37. The summed E-state index contributed by atoms with van der Waals surface area (Å²) < 4.78 is 15.7. The van der Waals surface area contributed by atoms with Gasteiger partial charge in [0.15, 0.2) is 5.96 Å². The summed E-state index contributed by atoms with van der Waals surface area (Å²) in [6, 6.07) is 0. The van der Waals surface area contributed by atoms with Gasteiger partial charge in [-0.25, -0.2) is 0 Å². The molecule has 140 valence electrons. The molecule has 24 heavy (non-hydrogen) atoms. The second-order valence-electron chi connectivity index (χ2n) is 5.94. The van der Waals surface area contributed by atoms with Crippen LogP contribution in [-0.4, -0.2) is 65.6 Å². The van der Waals surface area contributed by atoms with Crippen LogP contribution in [-0.2, 0) is 19.0 Å².